The van der Waals surface area contributed by atoms with Crippen LogP contribution >= 0.6 is 11.8 Å². The molecule has 1 aliphatic carbocycles. The third-order valence-corrected chi connectivity index (χ3v) is 5.54. The standard InChI is InChI=1S/C21H21FN4OS/c1-14(20(27)23-13-15-7-11-17(22)12-8-15)28-21-24-19(16-9-10-16)26(25-21)18-5-3-2-4-6-18/h2-8,11-12,14,16H,9-10,13H2,1H3,(H,23,27)/t14-/m0/s1. The van der Waals surface area contributed by atoms with Gasteiger partial charge in [0.1, 0.15) is 11.6 Å². The Labute approximate surface area is 167 Å². The van der Waals surface area contributed by atoms with Crippen molar-refractivity contribution in [1.82, 2.24) is 20.1 Å². The Balaban J connectivity index is 1.42. The van der Waals surface area contributed by atoms with Crippen LogP contribution in [0.3, 0.4) is 0 Å². The highest BCUT2D eigenvalue weighted by molar-refractivity contribution is 8.00. The lowest BCUT2D eigenvalue weighted by Gasteiger charge is -2.10. The van der Waals surface area contributed by atoms with E-state index in [1.165, 1.54) is 23.9 Å². The number of amides is 1. The van der Waals surface area contributed by atoms with Crippen LogP contribution in [-0.2, 0) is 11.3 Å². The van der Waals surface area contributed by atoms with Gasteiger partial charge >= 0.3 is 0 Å². The summed E-state index contributed by atoms with van der Waals surface area (Å²) >= 11 is 1.35. The summed E-state index contributed by atoms with van der Waals surface area (Å²) in [5.74, 6) is 1.03. The molecule has 1 N–H and O–H groups in total. The van der Waals surface area contributed by atoms with Crippen LogP contribution in [0.25, 0.3) is 5.69 Å². The molecule has 0 radical (unpaired) electrons. The summed E-state index contributed by atoms with van der Waals surface area (Å²) in [6.45, 7) is 2.20. The smallest absolute Gasteiger partial charge is 0.233 e. The normalized spacial score (nSPS) is 14.6. The molecule has 1 fully saturated rings. The number of halogens is 1. The molecular formula is C21H21FN4OS. The van der Waals surface area contributed by atoms with E-state index in [2.05, 4.69) is 10.4 Å². The fraction of sp³-hybridized carbons (Fsp3) is 0.286. The van der Waals surface area contributed by atoms with Gasteiger partial charge in [-0.05, 0) is 49.6 Å². The minimum atomic E-state index is -0.334. The number of nitrogens with zero attached hydrogens (tertiary/aromatic N) is 3. The largest absolute Gasteiger partial charge is 0.351 e. The van der Waals surface area contributed by atoms with Gasteiger partial charge in [-0.15, -0.1) is 5.10 Å². The zero-order valence-corrected chi connectivity index (χ0v) is 16.3. The predicted octanol–water partition coefficient (Wildman–Crippen LogP) is 4.08. The Kier molecular flexibility index (Phi) is 5.43. The predicted molar refractivity (Wildman–Crippen MR) is 107 cm³/mol. The second-order valence-corrected chi connectivity index (χ2v) is 8.19. The van der Waals surface area contributed by atoms with Gasteiger partial charge in [0.05, 0.1) is 10.9 Å². The fourth-order valence-electron chi connectivity index (χ4n) is 2.87. The van der Waals surface area contributed by atoms with Crippen molar-refractivity contribution in [1.29, 1.82) is 0 Å². The molecule has 144 valence electrons. The van der Waals surface area contributed by atoms with E-state index in [0.717, 1.165) is 29.9 Å². The number of thioether (sulfide) groups is 1. The zero-order chi connectivity index (χ0) is 19.5. The first-order chi connectivity index (χ1) is 13.6. The lowest BCUT2D eigenvalue weighted by atomic mass is 10.2. The Morgan fingerprint density at radius 3 is 2.61 bits per heavy atom. The first-order valence-electron chi connectivity index (χ1n) is 9.31. The Morgan fingerprint density at radius 2 is 1.93 bits per heavy atom. The monoisotopic (exact) mass is 396 g/mol. The van der Waals surface area contributed by atoms with Gasteiger partial charge in [-0.1, -0.05) is 42.1 Å². The van der Waals surface area contributed by atoms with E-state index in [-0.39, 0.29) is 17.0 Å². The number of para-hydroxylation sites is 1. The average molecular weight is 396 g/mol. The Hall–Kier alpha value is -2.67. The second kappa shape index (κ2) is 8.14. The van der Waals surface area contributed by atoms with E-state index in [1.807, 2.05) is 41.9 Å². The molecule has 4 rings (SSSR count). The van der Waals surface area contributed by atoms with E-state index in [1.54, 1.807) is 12.1 Å². The molecule has 5 nitrogen and oxygen atoms in total. The molecule has 7 heteroatoms. The molecule has 1 aliphatic rings. The van der Waals surface area contributed by atoms with E-state index in [0.29, 0.717) is 17.6 Å². The van der Waals surface area contributed by atoms with Gasteiger partial charge in [0.15, 0.2) is 0 Å². The Morgan fingerprint density at radius 1 is 1.21 bits per heavy atom. The van der Waals surface area contributed by atoms with Crippen molar-refractivity contribution < 1.29 is 9.18 Å². The summed E-state index contributed by atoms with van der Waals surface area (Å²) in [5.41, 5.74) is 1.84. The summed E-state index contributed by atoms with van der Waals surface area (Å²) < 4.78 is 14.9. The maximum Gasteiger partial charge on any atom is 0.233 e. The summed E-state index contributed by atoms with van der Waals surface area (Å²) in [4.78, 5) is 17.1. The molecule has 1 atom stereocenters. The van der Waals surface area contributed by atoms with Crippen molar-refractivity contribution in [2.24, 2.45) is 0 Å². The minimum Gasteiger partial charge on any atom is -0.351 e. The summed E-state index contributed by atoms with van der Waals surface area (Å²) in [6, 6.07) is 16.1. The van der Waals surface area contributed by atoms with Crippen molar-refractivity contribution in [2.45, 2.75) is 42.6 Å². The number of benzene rings is 2. The summed E-state index contributed by atoms with van der Waals surface area (Å²) in [7, 11) is 0. The molecule has 1 amide bonds. The van der Waals surface area contributed by atoms with E-state index < -0.39 is 0 Å². The highest BCUT2D eigenvalue weighted by Gasteiger charge is 2.31. The summed E-state index contributed by atoms with van der Waals surface area (Å²) in [5, 5.41) is 7.79. The van der Waals surface area contributed by atoms with Crippen LogP contribution in [0.1, 0.15) is 37.1 Å². The van der Waals surface area contributed by atoms with Crippen LogP contribution in [0, 0.1) is 5.82 Å². The van der Waals surface area contributed by atoms with E-state index in [4.69, 9.17) is 4.98 Å². The number of aromatic nitrogens is 3. The highest BCUT2D eigenvalue weighted by atomic mass is 32.2. The molecule has 1 saturated carbocycles. The number of carbonyl (C=O) groups excluding carboxylic acids is 1. The second-order valence-electron chi connectivity index (χ2n) is 6.88. The first-order valence-corrected chi connectivity index (χ1v) is 10.2. The summed E-state index contributed by atoms with van der Waals surface area (Å²) in [6.07, 6.45) is 2.26. The van der Waals surface area contributed by atoms with Crippen LogP contribution < -0.4 is 5.32 Å². The third kappa shape index (κ3) is 4.42. The maximum absolute atomic E-state index is 13.0. The average Bonchev–Trinajstić information content (AvgIpc) is 3.48. The van der Waals surface area contributed by atoms with Crippen molar-refractivity contribution >= 4 is 17.7 Å². The number of hydrogen-bond donors (Lipinski definition) is 1. The van der Waals surface area contributed by atoms with Gasteiger partial charge in [-0.25, -0.2) is 14.1 Å². The highest BCUT2D eigenvalue weighted by Crippen LogP contribution is 2.40. The molecular weight excluding hydrogens is 375 g/mol. The topological polar surface area (TPSA) is 59.8 Å². The Bertz CT molecular complexity index is 954. The van der Waals surface area contributed by atoms with Crippen molar-refractivity contribution in [3.05, 3.63) is 71.8 Å². The number of hydrogen-bond acceptors (Lipinski definition) is 4. The van der Waals surface area contributed by atoms with Crippen molar-refractivity contribution in [3.63, 3.8) is 0 Å². The maximum atomic E-state index is 13.0. The molecule has 1 aromatic heterocycles. The van der Waals surface area contributed by atoms with Gasteiger partial charge in [-0.2, -0.15) is 0 Å². The van der Waals surface area contributed by atoms with E-state index >= 15 is 0 Å². The van der Waals surface area contributed by atoms with Gasteiger partial charge in [-0.3, -0.25) is 4.79 Å². The minimum absolute atomic E-state index is 0.0987. The van der Waals surface area contributed by atoms with Gasteiger partial charge < -0.3 is 5.32 Å². The molecule has 0 spiro atoms. The first kappa shape index (κ1) is 18.7. The third-order valence-electron chi connectivity index (χ3n) is 4.59. The van der Waals surface area contributed by atoms with Crippen molar-refractivity contribution in [2.75, 3.05) is 0 Å². The molecule has 2 aromatic carbocycles. The fourth-order valence-corrected chi connectivity index (χ4v) is 3.65. The van der Waals surface area contributed by atoms with Gasteiger partial charge in [0.25, 0.3) is 0 Å². The SMILES string of the molecule is C[C@H](Sc1nc(C2CC2)n(-c2ccccc2)n1)C(=O)NCc1ccc(F)cc1. The van der Waals surface area contributed by atoms with E-state index in [9.17, 15) is 9.18 Å². The van der Waals surface area contributed by atoms with Crippen LogP contribution in [-0.4, -0.2) is 25.9 Å². The molecule has 28 heavy (non-hydrogen) atoms. The molecule has 0 saturated heterocycles. The van der Waals surface area contributed by atoms with Crippen LogP contribution in [0.5, 0.6) is 0 Å². The zero-order valence-electron chi connectivity index (χ0n) is 15.5. The van der Waals surface area contributed by atoms with Gasteiger partial charge in [0, 0.05) is 12.5 Å². The molecule has 1 heterocycles. The number of nitrogens with one attached hydrogen (secondary N) is 1. The lowest BCUT2D eigenvalue weighted by molar-refractivity contribution is -0.120. The molecule has 3 aromatic rings. The van der Waals surface area contributed by atoms with Crippen LogP contribution in [0.4, 0.5) is 4.39 Å². The lowest BCUT2D eigenvalue weighted by Crippen LogP contribution is -2.30. The quantitative estimate of drug-likeness (QED) is 0.612. The molecule has 0 unspecified atom stereocenters. The van der Waals surface area contributed by atoms with Crippen LogP contribution in [0.2, 0.25) is 0 Å². The molecule has 0 aliphatic heterocycles. The molecule has 0 bridgehead atoms. The number of carbonyl (C=O) groups is 1. The number of rotatable bonds is 7. The van der Waals surface area contributed by atoms with Crippen molar-refractivity contribution in [3.8, 4) is 5.69 Å². The van der Waals surface area contributed by atoms with Crippen LogP contribution in [0.15, 0.2) is 59.8 Å². The van der Waals surface area contributed by atoms with Gasteiger partial charge in [0.2, 0.25) is 11.1 Å².